The minimum Gasteiger partial charge on any atom is -0.268 e. The summed E-state index contributed by atoms with van der Waals surface area (Å²) in [5.41, 5.74) is 1.22. The lowest BCUT2D eigenvalue weighted by atomic mass is 10.0. The topological polar surface area (TPSA) is 55.2 Å². The number of sulfonamides is 1. The molecular weight excluding hydrogens is 281 g/mol. The fourth-order valence-electron chi connectivity index (χ4n) is 2.79. The summed E-state index contributed by atoms with van der Waals surface area (Å²) in [5, 5.41) is 4.27. The van der Waals surface area contributed by atoms with E-state index in [0.717, 1.165) is 0 Å². The van der Waals surface area contributed by atoms with E-state index in [1.165, 1.54) is 4.31 Å². The number of aromatic nitrogens is 2. The van der Waals surface area contributed by atoms with Gasteiger partial charge in [0.25, 0.3) is 0 Å². The van der Waals surface area contributed by atoms with Gasteiger partial charge in [0.1, 0.15) is 4.90 Å². The Morgan fingerprint density at radius 3 is 2.35 bits per heavy atom. The van der Waals surface area contributed by atoms with Crippen molar-refractivity contribution in [2.75, 3.05) is 19.8 Å². The summed E-state index contributed by atoms with van der Waals surface area (Å²) in [6.07, 6.45) is 1.19. The maximum Gasteiger partial charge on any atom is 0.246 e. The molecule has 0 saturated carbocycles. The maximum absolute atomic E-state index is 12.7. The number of nitrogens with zero attached hydrogens (tertiary/aromatic N) is 3. The quantitative estimate of drug-likeness (QED) is 0.853. The van der Waals surface area contributed by atoms with Crippen LogP contribution in [0.1, 0.15) is 31.2 Å². The number of hydrogen-bond donors (Lipinski definition) is 0. The van der Waals surface area contributed by atoms with Crippen molar-refractivity contribution in [2.24, 2.45) is 5.92 Å². The molecule has 1 aliphatic heterocycles. The van der Waals surface area contributed by atoms with Gasteiger partial charge in [-0.15, -0.1) is 0 Å². The van der Waals surface area contributed by atoms with E-state index in [1.54, 1.807) is 18.5 Å². The molecular formula is C13H22FN3O2S. The fraction of sp³-hybridized carbons (Fsp3) is 0.769. The molecule has 20 heavy (non-hydrogen) atoms. The highest BCUT2D eigenvalue weighted by atomic mass is 32.2. The highest BCUT2D eigenvalue weighted by Gasteiger charge is 2.33. The summed E-state index contributed by atoms with van der Waals surface area (Å²) in [6.45, 7) is 6.51. The number of piperidine rings is 1. The van der Waals surface area contributed by atoms with Crippen LogP contribution < -0.4 is 0 Å². The molecule has 114 valence electrons. The van der Waals surface area contributed by atoms with Crippen LogP contribution in [0.3, 0.4) is 0 Å². The Hall–Kier alpha value is -0.950. The lowest BCUT2D eigenvalue weighted by Gasteiger charge is -2.29. The summed E-state index contributed by atoms with van der Waals surface area (Å²) in [7, 11) is -3.52. The van der Waals surface area contributed by atoms with Crippen molar-refractivity contribution in [3.63, 3.8) is 0 Å². The maximum atomic E-state index is 12.7. The molecule has 0 atom stereocenters. The Balaban J connectivity index is 2.30. The van der Waals surface area contributed by atoms with Gasteiger partial charge in [0.15, 0.2) is 0 Å². The van der Waals surface area contributed by atoms with Crippen LogP contribution in [0.4, 0.5) is 4.39 Å². The Morgan fingerprint density at radius 2 is 1.90 bits per heavy atom. The van der Waals surface area contributed by atoms with E-state index in [0.29, 0.717) is 48.8 Å². The Bertz CT molecular complexity index is 575. The summed E-state index contributed by atoms with van der Waals surface area (Å²) >= 11 is 0. The minimum absolute atomic E-state index is 0.00186. The van der Waals surface area contributed by atoms with Crippen molar-refractivity contribution in [3.8, 4) is 0 Å². The lowest BCUT2D eigenvalue weighted by molar-refractivity contribution is 0.233. The molecule has 0 aliphatic carbocycles. The van der Waals surface area contributed by atoms with E-state index in [9.17, 15) is 12.8 Å². The smallest absolute Gasteiger partial charge is 0.246 e. The number of hydrogen-bond acceptors (Lipinski definition) is 3. The van der Waals surface area contributed by atoms with E-state index in [4.69, 9.17) is 0 Å². The molecule has 0 N–H and O–H groups in total. The molecule has 1 aromatic rings. The van der Waals surface area contributed by atoms with Gasteiger partial charge >= 0.3 is 0 Å². The standard InChI is InChI=1S/C13H22FN3O2S/c1-4-17-11(3)13(10(2)15-17)20(18,19)16-7-5-12(9-14)6-8-16/h12H,4-9H2,1-3H3. The van der Waals surface area contributed by atoms with Gasteiger partial charge in [0.05, 0.1) is 18.1 Å². The highest BCUT2D eigenvalue weighted by molar-refractivity contribution is 7.89. The van der Waals surface area contributed by atoms with Gasteiger partial charge in [-0.1, -0.05) is 0 Å². The zero-order chi connectivity index (χ0) is 14.9. The molecule has 7 heteroatoms. The van der Waals surface area contributed by atoms with Gasteiger partial charge in [-0.2, -0.15) is 9.40 Å². The van der Waals surface area contributed by atoms with Gasteiger partial charge < -0.3 is 0 Å². The molecule has 2 rings (SSSR count). The lowest BCUT2D eigenvalue weighted by Crippen LogP contribution is -2.39. The number of rotatable bonds is 4. The predicted molar refractivity (Wildman–Crippen MR) is 74.8 cm³/mol. The molecule has 0 spiro atoms. The number of aryl methyl sites for hydroxylation is 2. The first-order valence-corrected chi connectivity index (χ1v) is 8.46. The third-order valence-electron chi connectivity index (χ3n) is 4.00. The molecule has 0 amide bonds. The van der Waals surface area contributed by atoms with Crippen molar-refractivity contribution in [3.05, 3.63) is 11.4 Å². The van der Waals surface area contributed by atoms with E-state index >= 15 is 0 Å². The average molecular weight is 303 g/mol. The van der Waals surface area contributed by atoms with Crippen LogP contribution in [-0.2, 0) is 16.6 Å². The first kappa shape index (κ1) is 15.4. The summed E-state index contributed by atoms with van der Waals surface area (Å²) in [4.78, 5) is 0.318. The molecule has 1 saturated heterocycles. The van der Waals surface area contributed by atoms with Gasteiger partial charge in [-0.3, -0.25) is 9.07 Å². The van der Waals surface area contributed by atoms with Gasteiger partial charge in [-0.05, 0) is 39.5 Å². The number of alkyl halides is 1. The van der Waals surface area contributed by atoms with Crippen LogP contribution in [0, 0.1) is 19.8 Å². The zero-order valence-corrected chi connectivity index (χ0v) is 13.1. The largest absolute Gasteiger partial charge is 0.268 e. The van der Waals surface area contributed by atoms with E-state index in [2.05, 4.69) is 5.10 Å². The molecule has 0 unspecified atom stereocenters. The van der Waals surface area contributed by atoms with Crippen molar-refractivity contribution >= 4 is 10.0 Å². The monoisotopic (exact) mass is 303 g/mol. The average Bonchev–Trinajstić information content (AvgIpc) is 2.73. The second-order valence-corrected chi connectivity index (χ2v) is 7.19. The van der Waals surface area contributed by atoms with Crippen molar-refractivity contribution in [1.29, 1.82) is 0 Å². The van der Waals surface area contributed by atoms with Crippen LogP contribution >= 0.6 is 0 Å². The molecule has 1 aromatic heterocycles. The number of halogens is 1. The molecule has 5 nitrogen and oxygen atoms in total. The zero-order valence-electron chi connectivity index (χ0n) is 12.3. The molecule has 1 fully saturated rings. The van der Waals surface area contributed by atoms with Gasteiger partial charge in [0.2, 0.25) is 10.0 Å². The normalized spacial score (nSPS) is 18.6. The predicted octanol–water partition coefficient (Wildman–Crippen LogP) is 1.89. The van der Waals surface area contributed by atoms with Crippen LogP contribution in [0.25, 0.3) is 0 Å². The summed E-state index contributed by atoms with van der Waals surface area (Å²) < 4.78 is 41.3. The van der Waals surface area contributed by atoms with Crippen LogP contribution in [-0.4, -0.2) is 42.3 Å². The van der Waals surface area contributed by atoms with Crippen LogP contribution in [0.5, 0.6) is 0 Å². The van der Waals surface area contributed by atoms with Gasteiger partial charge in [0, 0.05) is 19.6 Å². The van der Waals surface area contributed by atoms with E-state index < -0.39 is 10.0 Å². The van der Waals surface area contributed by atoms with Crippen LogP contribution in [0.2, 0.25) is 0 Å². The molecule has 0 bridgehead atoms. The minimum atomic E-state index is -3.52. The van der Waals surface area contributed by atoms with Gasteiger partial charge in [-0.25, -0.2) is 8.42 Å². The third-order valence-corrected chi connectivity index (χ3v) is 6.16. The summed E-state index contributed by atoms with van der Waals surface area (Å²) in [5.74, 6) is 0.00186. The summed E-state index contributed by atoms with van der Waals surface area (Å²) in [6, 6.07) is 0. The van der Waals surface area contributed by atoms with Crippen molar-refractivity contribution in [1.82, 2.24) is 14.1 Å². The molecule has 1 aliphatic rings. The Kier molecular flexibility index (Phi) is 4.49. The van der Waals surface area contributed by atoms with Crippen molar-refractivity contribution < 1.29 is 12.8 Å². The second-order valence-electron chi connectivity index (χ2n) is 5.32. The van der Waals surface area contributed by atoms with Crippen LogP contribution in [0.15, 0.2) is 4.90 Å². The SMILES string of the molecule is CCn1nc(C)c(S(=O)(=O)N2CCC(CF)CC2)c1C. The second kappa shape index (κ2) is 5.81. The van der Waals surface area contributed by atoms with Crippen molar-refractivity contribution in [2.45, 2.75) is 45.1 Å². The highest BCUT2D eigenvalue weighted by Crippen LogP contribution is 2.27. The van der Waals surface area contributed by atoms with E-state index in [-0.39, 0.29) is 12.6 Å². The fourth-order valence-corrected chi connectivity index (χ4v) is 4.64. The first-order chi connectivity index (χ1) is 9.41. The molecule has 0 radical (unpaired) electrons. The Labute approximate surface area is 119 Å². The first-order valence-electron chi connectivity index (χ1n) is 7.02. The Morgan fingerprint density at radius 1 is 1.30 bits per heavy atom. The van der Waals surface area contributed by atoms with E-state index in [1.807, 2.05) is 6.92 Å². The molecule has 2 heterocycles. The molecule has 0 aromatic carbocycles. The third kappa shape index (κ3) is 2.61.